The van der Waals surface area contributed by atoms with Crippen LogP contribution in [-0.4, -0.2) is 22.2 Å². The summed E-state index contributed by atoms with van der Waals surface area (Å²) in [5.41, 5.74) is 1.04. The minimum atomic E-state index is -1.12. The van der Waals surface area contributed by atoms with Crippen molar-refractivity contribution in [3.8, 4) is 11.5 Å². The highest BCUT2D eigenvalue weighted by molar-refractivity contribution is 5.96. The number of benzene rings is 2. The van der Waals surface area contributed by atoms with Gasteiger partial charge < -0.3 is 14.9 Å². The number of aromatic carboxylic acids is 1. The van der Waals surface area contributed by atoms with E-state index in [1.807, 2.05) is 6.07 Å². The first-order valence-electron chi connectivity index (χ1n) is 8.43. The van der Waals surface area contributed by atoms with E-state index >= 15 is 0 Å². The highest BCUT2D eigenvalue weighted by Crippen LogP contribution is 2.39. The first kappa shape index (κ1) is 17.0. The summed E-state index contributed by atoms with van der Waals surface area (Å²) in [6.45, 7) is 0. The predicted octanol–water partition coefficient (Wildman–Crippen LogP) is 4.36. The van der Waals surface area contributed by atoms with E-state index in [4.69, 9.17) is 4.74 Å². The smallest absolute Gasteiger partial charge is 0.343 e. The highest BCUT2D eigenvalue weighted by atomic mass is 16.5. The minimum Gasteiger partial charge on any atom is -0.508 e. The zero-order chi connectivity index (χ0) is 17.8. The molecule has 1 aliphatic rings. The Hall–Kier alpha value is -2.82. The van der Waals surface area contributed by atoms with E-state index in [0.717, 1.165) is 31.2 Å². The first-order valence-corrected chi connectivity index (χ1v) is 8.43. The molecule has 1 aliphatic carbocycles. The number of hydrogen-bond acceptors (Lipinski definition) is 4. The van der Waals surface area contributed by atoms with Crippen molar-refractivity contribution in [1.82, 2.24) is 0 Å². The third-order valence-corrected chi connectivity index (χ3v) is 4.62. The molecule has 3 rings (SSSR count). The van der Waals surface area contributed by atoms with Crippen LogP contribution in [0, 0.1) is 0 Å². The van der Waals surface area contributed by atoms with Crippen LogP contribution >= 0.6 is 0 Å². The third kappa shape index (κ3) is 3.82. The molecule has 25 heavy (non-hydrogen) atoms. The van der Waals surface area contributed by atoms with Gasteiger partial charge in [-0.3, -0.25) is 0 Å². The van der Waals surface area contributed by atoms with E-state index in [2.05, 4.69) is 0 Å². The van der Waals surface area contributed by atoms with Crippen LogP contribution in [0.25, 0.3) is 0 Å². The van der Waals surface area contributed by atoms with E-state index in [1.165, 1.54) is 36.8 Å². The van der Waals surface area contributed by atoms with Gasteiger partial charge in [0.15, 0.2) is 0 Å². The Balaban J connectivity index is 1.95. The number of phenolic OH excluding ortho intramolecular Hbond substituents is 1. The molecule has 0 spiro atoms. The van der Waals surface area contributed by atoms with Gasteiger partial charge in [0.2, 0.25) is 0 Å². The second-order valence-corrected chi connectivity index (χ2v) is 6.30. The minimum absolute atomic E-state index is 0.00444. The van der Waals surface area contributed by atoms with Crippen LogP contribution in [0.1, 0.15) is 64.3 Å². The van der Waals surface area contributed by atoms with E-state index < -0.39 is 11.9 Å². The molecule has 2 aromatic rings. The van der Waals surface area contributed by atoms with Crippen molar-refractivity contribution in [3.63, 3.8) is 0 Å². The number of carbonyl (C=O) groups excluding carboxylic acids is 1. The van der Waals surface area contributed by atoms with Crippen molar-refractivity contribution in [3.05, 3.63) is 59.2 Å². The Morgan fingerprint density at radius 1 is 0.960 bits per heavy atom. The zero-order valence-corrected chi connectivity index (χ0v) is 13.8. The van der Waals surface area contributed by atoms with Crippen molar-refractivity contribution in [2.45, 2.75) is 38.0 Å². The van der Waals surface area contributed by atoms with Crippen molar-refractivity contribution in [1.29, 1.82) is 0 Å². The quantitative estimate of drug-likeness (QED) is 0.638. The molecular weight excluding hydrogens is 320 g/mol. The molecule has 0 bridgehead atoms. The summed E-state index contributed by atoms with van der Waals surface area (Å²) in [4.78, 5) is 24.0. The van der Waals surface area contributed by atoms with E-state index in [0.29, 0.717) is 0 Å². The fraction of sp³-hybridized carbons (Fsp3) is 0.300. The molecule has 2 N–H and O–H groups in total. The Kier molecular flexibility index (Phi) is 5.03. The summed E-state index contributed by atoms with van der Waals surface area (Å²) in [6, 6.07) is 10.7. The summed E-state index contributed by atoms with van der Waals surface area (Å²) in [5, 5.41) is 18.8. The van der Waals surface area contributed by atoms with Crippen LogP contribution in [0.4, 0.5) is 0 Å². The number of carbonyl (C=O) groups is 2. The van der Waals surface area contributed by atoms with Crippen LogP contribution in [0.3, 0.4) is 0 Å². The first-order chi connectivity index (χ1) is 12.1. The number of phenols is 1. The standard InChI is InChI=1S/C20H20O5/c21-15-11-9-14(10-12-15)20(24)25-18-16(13-5-2-1-3-6-13)7-4-8-17(18)19(22)23/h4,7-13,21H,1-3,5-6H2,(H,22,23). The Labute approximate surface area is 145 Å². The van der Waals surface area contributed by atoms with Crippen molar-refractivity contribution in [2.75, 3.05) is 0 Å². The lowest BCUT2D eigenvalue weighted by atomic mass is 9.83. The molecule has 0 unspecified atom stereocenters. The summed E-state index contributed by atoms with van der Waals surface area (Å²) < 4.78 is 5.52. The Morgan fingerprint density at radius 2 is 1.64 bits per heavy atom. The molecule has 130 valence electrons. The maximum Gasteiger partial charge on any atom is 0.343 e. The van der Waals surface area contributed by atoms with Crippen LogP contribution < -0.4 is 4.74 Å². The van der Waals surface area contributed by atoms with Gasteiger partial charge in [0.25, 0.3) is 0 Å². The molecule has 5 heteroatoms. The number of esters is 1. The number of rotatable bonds is 4. The van der Waals surface area contributed by atoms with E-state index in [9.17, 15) is 19.8 Å². The van der Waals surface area contributed by atoms with Gasteiger partial charge in [-0.15, -0.1) is 0 Å². The molecular formula is C20H20O5. The van der Waals surface area contributed by atoms with E-state index in [-0.39, 0.29) is 28.5 Å². The summed E-state index contributed by atoms with van der Waals surface area (Å²) >= 11 is 0. The van der Waals surface area contributed by atoms with Gasteiger partial charge in [-0.1, -0.05) is 31.4 Å². The molecule has 2 aromatic carbocycles. The molecule has 0 aliphatic heterocycles. The average Bonchev–Trinajstić information content (AvgIpc) is 2.63. The molecule has 0 radical (unpaired) electrons. The van der Waals surface area contributed by atoms with Crippen LogP contribution in [-0.2, 0) is 0 Å². The van der Waals surface area contributed by atoms with E-state index in [1.54, 1.807) is 6.07 Å². The molecule has 0 amide bonds. The topological polar surface area (TPSA) is 83.8 Å². The maximum absolute atomic E-state index is 12.4. The van der Waals surface area contributed by atoms with Gasteiger partial charge in [0.1, 0.15) is 17.1 Å². The third-order valence-electron chi connectivity index (χ3n) is 4.62. The second kappa shape index (κ2) is 7.38. The van der Waals surface area contributed by atoms with Crippen LogP contribution in [0.2, 0.25) is 0 Å². The van der Waals surface area contributed by atoms with Crippen molar-refractivity contribution < 1.29 is 24.5 Å². The SMILES string of the molecule is O=C(Oc1c(C(=O)O)cccc1C1CCCCC1)c1ccc(O)cc1. The molecule has 0 heterocycles. The fourth-order valence-corrected chi connectivity index (χ4v) is 3.32. The summed E-state index contributed by atoms with van der Waals surface area (Å²) in [5.74, 6) is -1.36. The van der Waals surface area contributed by atoms with Crippen LogP contribution in [0.5, 0.6) is 11.5 Å². The number of ether oxygens (including phenoxy) is 1. The number of hydrogen-bond donors (Lipinski definition) is 2. The molecule has 0 atom stereocenters. The van der Waals surface area contributed by atoms with Gasteiger partial charge in [-0.2, -0.15) is 0 Å². The molecule has 1 fully saturated rings. The molecule has 0 aromatic heterocycles. The fourth-order valence-electron chi connectivity index (χ4n) is 3.32. The van der Waals surface area contributed by atoms with Gasteiger partial charge in [-0.05, 0) is 54.7 Å². The Bertz CT molecular complexity index is 773. The van der Waals surface area contributed by atoms with Crippen molar-refractivity contribution in [2.24, 2.45) is 0 Å². The molecule has 0 saturated heterocycles. The monoisotopic (exact) mass is 340 g/mol. The van der Waals surface area contributed by atoms with Gasteiger partial charge in [0.05, 0.1) is 5.56 Å². The second-order valence-electron chi connectivity index (χ2n) is 6.30. The van der Waals surface area contributed by atoms with Crippen LogP contribution in [0.15, 0.2) is 42.5 Å². The highest BCUT2D eigenvalue weighted by Gasteiger charge is 2.25. The number of carboxylic acid groups (broad SMARTS) is 1. The van der Waals surface area contributed by atoms with Crippen molar-refractivity contribution >= 4 is 11.9 Å². The normalized spacial score (nSPS) is 14.9. The zero-order valence-electron chi connectivity index (χ0n) is 13.8. The molecule has 1 saturated carbocycles. The lowest BCUT2D eigenvalue weighted by Crippen LogP contribution is -2.15. The maximum atomic E-state index is 12.4. The molecule has 5 nitrogen and oxygen atoms in total. The lowest BCUT2D eigenvalue weighted by Gasteiger charge is -2.24. The van der Waals surface area contributed by atoms with Gasteiger partial charge in [0, 0.05) is 0 Å². The summed E-state index contributed by atoms with van der Waals surface area (Å²) in [7, 11) is 0. The van der Waals surface area contributed by atoms with Gasteiger partial charge in [-0.25, -0.2) is 9.59 Å². The average molecular weight is 340 g/mol. The Morgan fingerprint density at radius 3 is 2.28 bits per heavy atom. The number of carboxylic acids is 1. The lowest BCUT2D eigenvalue weighted by molar-refractivity contribution is 0.0680. The largest absolute Gasteiger partial charge is 0.508 e. The van der Waals surface area contributed by atoms with Gasteiger partial charge >= 0.3 is 11.9 Å². The number of aromatic hydroxyl groups is 1. The summed E-state index contributed by atoms with van der Waals surface area (Å²) in [6.07, 6.45) is 5.29. The number of para-hydroxylation sites is 1. The predicted molar refractivity (Wildman–Crippen MR) is 92.3 cm³/mol.